The van der Waals surface area contributed by atoms with Gasteiger partial charge in [0.1, 0.15) is 0 Å². The van der Waals surface area contributed by atoms with E-state index in [9.17, 15) is 14.7 Å². The van der Waals surface area contributed by atoms with Crippen molar-refractivity contribution >= 4 is 17.6 Å². The van der Waals surface area contributed by atoms with Crippen LogP contribution in [0.5, 0.6) is 0 Å². The minimum Gasteiger partial charge on any atom is -0.481 e. The molecule has 0 aliphatic heterocycles. The molecule has 0 saturated heterocycles. The number of carbonyl (C=O) groups is 2. The molecule has 3 aromatic rings. The topological polar surface area (TPSA) is 66.4 Å². The van der Waals surface area contributed by atoms with Gasteiger partial charge in [0, 0.05) is 17.5 Å². The maximum atomic E-state index is 13.4. The number of benzene rings is 3. The van der Waals surface area contributed by atoms with Crippen molar-refractivity contribution in [3.63, 3.8) is 0 Å². The van der Waals surface area contributed by atoms with Crippen molar-refractivity contribution in [1.82, 2.24) is 0 Å². The highest BCUT2D eigenvalue weighted by molar-refractivity contribution is 5.96. The number of hydrogen-bond acceptors (Lipinski definition) is 2. The van der Waals surface area contributed by atoms with E-state index in [4.69, 9.17) is 0 Å². The second kappa shape index (κ2) is 8.78. The summed E-state index contributed by atoms with van der Waals surface area (Å²) in [7, 11) is 0. The summed E-state index contributed by atoms with van der Waals surface area (Å²) in [6.45, 7) is 0. The van der Waals surface area contributed by atoms with Crippen LogP contribution in [0.1, 0.15) is 23.0 Å². The zero-order chi connectivity index (χ0) is 20.9. The van der Waals surface area contributed by atoms with Gasteiger partial charge < -0.3 is 10.4 Å². The van der Waals surface area contributed by atoms with Crippen LogP contribution in [-0.4, -0.2) is 17.0 Å². The second-order valence-corrected chi connectivity index (χ2v) is 7.50. The first-order valence-electron chi connectivity index (χ1n) is 10.0. The number of rotatable bonds is 5. The van der Waals surface area contributed by atoms with E-state index in [1.807, 2.05) is 91.0 Å². The van der Waals surface area contributed by atoms with Crippen molar-refractivity contribution in [1.29, 1.82) is 0 Å². The molecule has 0 aromatic heterocycles. The van der Waals surface area contributed by atoms with Crippen LogP contribution in [0.15, 0.2) is 103 Å². The van der Waals surface area contributed by atoms with Crippen molar-refractivity contribution in [2.75, 3.05) is 5.32 Å². The number of aliphatic carboxylic acids is 1. The van der Waals surface area contributed by atoms with Crippen molar-refractivity contribution in [3.8, 4) is 0 Å². The lowest BCUT2D eigenvalue weighted by Crippen LogP contribution is -2.42. The standard InChI is InChI=1S/C26H23NO3/c28-25(27-20-14-8-3-9-15-20)23-21(18-10-4-1-5-11-18)16-17-22(24(23)26(29)30)19-12-6-2-7-13-19/h1-17,21-24H,(H,27,28)(H,29,30)/t21-,22-,23-,24+/m1/s1. The highest BCUT2D eigenvalue weighted by Crippen LogP contribution is 2.45. The zero-order valence-electron chi connectivity index (χ0n) is 16.4. The molecule has 1 aliphatic carbocycles. The maximum absolute atomic E-state index is 13.4. The third-order valence-corrected chi connectivity index (χ3v) is 5.68. The number of carboxylic acid groups (broad SMARTS) is 1. The number of nitrogens with one attached hydrogen (secondary N) is 1. The van der Waals surface area contributed by atoms with Crippen LogP contribution in [0.2, 0.25) is 0 Å². The van der Waals surface area contributed by atoms with Crippen LogP contribution in [-0.2, 0) is 9.59 Å². The van der Waals surface area contributed by atoms with Gasteiger partial charge in [-0.05, 0) is 23.3 Å². The van der Waals surface area contributed by atoms with Gasteiger partial charge in [0.15, 0.2) is 0 Å². The summed E-state index contributed by atoms with van der Waals surface area (Å²) < 4.78 is 0. The van der Waals surface area contributed by atoms with Gasteiger partial charge in [0.05, 0.1) is 11.8 Å². The van der Waals surface area contributed by atoms with E-state index in [-0.39, 0.29) is 17.7 Å². The van der Waals surface area contributed by atoms with E-state index in [1.165, 1.54) is 0 Å². The summed E-state index contributed by atoms with van der Waals surface area (Å²) >= 11 is 0. The van der Waals surface area contributed by atoms with E-state index >= 15 is 0 Å². The Morgan fingerprint density at radius 2 is 1.07 bits per heavy atom. The molecule has 4 nitrogen and oxygen atoms in total. The van der Waals surface area contributed by atoms with Gasteiger partial charge in [-0.2, -0.15) is 0 Å². The molecule has 0 saturated carbocycles. The van der Waals surface area contributed by atoms with Gasteiger partial charge in [0.2, 0.25) is 5.91 Å². The minimum atomic E-state index is -0.970. The number of para-hydroxylation sites is 1. The van der Waals surface area contributed by atoms with Gasteiger partial charge in [-0.1, -0.05) is 91.0 Å². The number of anilines is 1. The first-order valence-corrected chi connectivity index (χ1v) is 10.0. The summed E-state index contributed by atoms with van der Waals surface area (Å²) in [4.78, 5) is 25.9. The summed E-state index contributed by atoms with van der Waals surface area (Å²) in [5.74, 6) is -3.59. The molecule has 4 rings (SSSR count). The Morgan fingerprint density at radius 3 is 1.53 bits per heavy atom. The molecule has 0 unspecified atom stereocenters. The average Bonchev–Trinajstić information content (AvgIpc) is 2.80. The van der Waals surface area contributed by atoms with Crippen LogP contribution in [0, 0.1) is 11.8 Å². The molecule has 4 heteroatoms. The van der Waals surface area contributed by atoms with Crippen molar-refractivity contribution in [2.24, 2.45) is 11.8 Å². The van der Waals surface area contributed by atoms with Crippen LogP contribution in [0.3, 0.4) is 0 Å². The highest BCUT2D eigenvalue weighted by Gasteiger charge is 2.46. The molecule has 1 aliphatic rings. The number of hydrogen-bond donors (Lipinski definition) is 2. The SMILES string of the molecule is O=C(O)[C@@H]1[C@H](C(=O)Nc2ccccc2)[C@@H](c2ccccc2)C=C[C@@H]1c1ccccc1. The molecular weight excluding hydrogens is 374 g/mol. The monoisotopic (exact) mass is 397 g/mol. The first-order chi connectivity index (χ1) is 14.6. The average molecular weight is 397 g/mol. The van der Waals surface area contributed by atoms with E-state index in [0.29, 0.717) is 5.69 Å². The molecule has 0 radical (unpaired) electrons. The largest absolute Gasteiger partial charge is 0.481 e. The van der Waals surface area contributed by atoms with Gasteiger partial charge in [0.25, 0.3) is 0 Å². The Bertz CT molecular complexity index is 1030. The quantitative estimate of drug-likeness (QED) is 0.590. The summed E-state index contributed by atoms with van der Waals surface area (Å²) in [6.07, 6.45) is 3.93. The molecule has 150 valence electrons. The fourth-order valence-corrected chi connectivity index (χ4v) is 4.29. The molecule has 2 N–H and O–H groups in total. The summed E-state index contributed by atoms with van der Waals surface area (Å²) in [5, 5.41) is 13.1. The number of allylic oxidation sites excluding steroid dienone is 2. The Balaban J connectivity index is 1.78. The van der Waals surface area contributed by atoms with Crippen molar-refractivity contribution < 1.29 is 14.7 Å². The summed E-state index contributed by atoms with van der Waals surface area (Å²) in [6, 6.07) is 28.3. The Labute approximate surface area is 175 Å². The molecule has 3 aromatic carbocycles. The van der Waals surface area contributed by atoms with Crippen molar-refractivity contribution in [3.05, 3.63) is 114 Å². The number of carboxylic acids is 1. The van der Waals surface area contributed by atoms with Crippen LogP contribution in [0.25, 0.3) is 0 Å². The Kier molecular flexibility index (Phi) is 5.75. The molecule has 1 amide bonds. The molecular formula is C26H23NO3. The predicted octanol–water partition coefficient (Wildman–Crippen LogP) is 5.08. The van der Waals surface area contributed by atoms with Crippen LogP contribution < -0.4 is 5.32 Å². The van der Waals surface area contributed by atoms with Gasteiger partial charge in [-0.3, -0.25) is 9.59 Å². The van der Waals surface area contributed by atoms with Gasteiger partial charge in [-0.15, -0.1) is 0 Å². The predicted molar refractivity (Wildman–Crippen MR) is 117 cm³/mol. The third-order valence-electron chi connectivity index (χ3n) is 5.68. The Hall–Kier alpha value is -3.66. The van der Waals surface area contributed by atoms with Crippen LogP contribution in [0.4, 0.5) is 5.69 Å². The van der Waals surface area contributed by atoms with E-state index in [1.54, 1.807) is 12.1 Å². The lowest BCUT2D eigenvalue weighted by Gasteiger charge is -2.37. The smallest absolute Gasteiger partial charge is 0.308 e. The van der Waals surface area contributed by atoms with E-state index in [0.717, 1.165) is 11.1 Å². The van der Waals surface area contributed by atoms with E-state index < -0.39 is 17.8 Å². The highest BCUT2D eigenvalue weighted by atomic mass is 16.4. The molecule has 0 bridgehead atoms. The van der Waals surface area contributed by atoms with Gasteiger partial charge in [-0.25, -0.2) is 0 Å². The van der Waals surface area contributed by atoms with Gasteiger partial charge >= 0.3 is 5.97 Å². The lowest BCUT2D eigenvalue weighted by atomic mass is 9.66. The fourth-order valence-electron chi connectivity index (χ4n) is 4.29. The first kappa shape index (κ1) is 19.6. The number of carbonyl (C=O) groups excluding carboxylic acids is 1. The fraction of sp³-hybridized carbons (Fsp3) is 0.154. The zero-order valence-corrected chi connectivity index (χ0v) is 16.4. The second-order valence-electron chi connectivity index (χ2n) is 7.50. The lowest BCUT2D eigenvalue weighted by molar-refractivity contribution is -0.147. The third kappa shape index (κ3) is 4.03. The molecule has 0 heterocycles. The van der Waals surface area contributed by atoms with Crippen LogP contribution >= 0.6 is 0 Å². The van der Waals surface area contributed by atoms with E-state index in [2.05, 4.69) is 5.32 Å². The van der Waals surface area contributed by atoms with Crippen molar-refractivity contribution in [2.45, 2.75) is 11.8 Å². The Morgan fingerprint density at radius 1 is 0.633 bits per heavy atom. The molecule has 30 heavy (non-hydrogen) atoms. The normalized spacial score (nSPS) is 22.9. The number of amides is 1. The maximum Gasteiger partial charge on any atom is 0.308 e. The molecule has 0 spiro atoms. The molecule has 0 fully saturated rings. The summed E-state index contributed by atoms with van der Waals surface area (Å²) in [5.41, 5.74) is 2.48. The minimum absolute atomic E-state index is 0.285. The molecule has 4 atom stereocenters.